The van der Waals surface area contributed by atoms with E-state index in [1.54, 1.807) is 0 Å². The van der Waals surface area contributed by atoms with Crippen LogP contribution in [-0.4, -0.2) is 31.3 Å². The van der Waals surface area contributed by atoms with Crippen LogP contribution in [0.3, 0.4) is 0 Å². The van der Waals surface area contributed by atoms with Gasteiger partial charge in [-0.25, -0.2) is 0 Å². The van der Waals surface area contributed by atoms with Gasteiger partial charge in [0.15, 0.2) is 0 Å². The Hall–Kier alpha value is -1.71. The Kier molecular flexibility index (Phi) is 4.32. The predicted molar refractivity (Wildman–Crippen MR) is 88.2 cm³/mol. The van der Waals surface area contributed by atoms with Crippen LogP contribution in [-0.2, 0) is 6.61 Å². The fourth-order valence-electron chi connectivity index (χ4n) is 2.81. The normalized spacial score (nSPS) is 15.3. The van der Waals surface area contributed by atoms with Crippen LogP contribution < -0.4 is 9.80 Å². The van der Waals surface area contributed by atoms with Crippen LogP contribution in [0.15, 0.2) is 48.5 Å². The number of para-hydroxylation sites is 1. The zero-order valence-electron chi connectivity index (χ0n) is 11.9. The number of benzene rings is 2. The van der Waals surface area contributed by atoms with Crippen molar-refractivity contribution in [2.24, 2.45) is 0 Å². The first-order chi connectivity index (χ1) is 10.3. The first-order valence-electron chi connectivity index (χ1n) is 7.22. The van der Waals surface area contributed by atoms with Crippen molar-refractivity contribution < 1.29 is 5.11 Å². The van der Waals surface area contributed by atoms with Gasteiger partial charge in [-0.15, -0.1) is 0 Å². The lowest BCUT2D eigenvalue weighted by Gasteiger charge is -2.38. The van der Waals surface area contributed by atoms with E-state index in [0.29, 0.717) is 0 Å². The third kappa shape index (κ3) is 3.14. The number of hydrogen-bond acceptors (Lipinski definition) is 3. The second kappa shape index (κ2) is 6.37. The van der Waals surface area contributed by atoms with Crippen LogP contribution in [0.25, 0.3) is 0 Å². The molecule has 2 aromatic carbocycles. The Morgan fingerprint density at radius 2 is 1.48 bits per heavy atom. The van der Waals surface area contributed by atoms with Gasteiger partial charge in [0.05, 0.1) is 6.61 Å². The van der Waals surface area contributed by atoms with Crippen LogP contribution in [0.5, 0.6) is 0 Å². The number of halogens is 1. The van der Waals surface area contributed by atoms with Crippen LogP contribution >= 0.6 is 11.6 Å². The number of aliphatic hydroxyl groups is 1. The molecule has 110 valence electrons. The molecule has 1 heterocycles. The molecule has 0 amide bonds. The molecule has 0 atom stereocenters. The zero-order valence-corrected chi connectivity index (χ0v) is 12.6. The molecule has 0 aliphatic carbocycles. The lowest BCUT2D eigenvalue weighted by atomic mass is 10.1. The number of nitrogens with zero attached hydrogens (tertiary/aromatic N) is 2. The number of rotatable bonds is 3. The van der Waals surface area contributed by atoms with Gasteiger partial charge in [0, 0.05) is 48.1 Å². The molecule has 0 unspecified atom stereocenters. The summed E-state index contributed by atoms with van der Waals surface area (Å²) >= 11 is 5.94. The molecule has 1 aliphatic rings. The molecule has 2 aromatic rings. The smallest absolute Gasteiger partial charge is 0.0702 e. The molecular formula is C17H19ClN2O. The van der Waals surface area contributed by atoms with Gasteiger partial charge in [0.2, 0.25) is 0 Å². The van der Waals surface area contributed by atoms with Crippen molar-refractivity contribution in [2.75, 3.05) is 36.0 Å². The van der Waals surface area contributed by atoms with Gasteiger partial charge < -0.3 is 14.9 Å². The highest BCUT2D eigenvalue weighted by molar-refractivity contribution is 6.30. The van der Waals surface area contributed by atoms with Gasteiger partial charge in [-0.2, -0.15) is 0 Å². The summed E-state index contributed by atoms with van der Waals surface area (Å²) in [5.74, 6) is 0. The van der Waals surface area contributed by atoms with E-state index in [9.17, 15) is 5.11 Å². The predicted octanol–water partition coefficient (Wildman–Crippen LogP) is 3.16. The van der Waals surface area contributed by atoms with Gasteiger partial charge in [-0.05, 0) is 30.3 Å². The van der Waals surface area contributed by atoms with E-state index in [0.717, 1.165) is 42.5 Å². The average molecular weight is 303 g/mol. The van der Waals surface area contributed by atoms with Crippen LogP contribution in [0.4, 0.5) is 11.4 Å². The molecule has 1 saturated heterocycles. The minimum atomic E-state index is 0.0908. The molecule has 21 heavy (non-hydrogen) atoms. The van der Waals surface area contributed by atoms with E-state index >= 15 is 0 Å². The maximum atomic E-state index is 9.46. The van der Waals surface area contributed by atoms with Gasteiger partial charge in [-0.3, -0.25) is 0 Å². The van der Waals surface area contributed by atoms with E-state index in [-0.39, 0.29) is 6.61 Å². The zero-order chi connectivity index (χ0) is 14.7. The third-order valence-electron chi connectivity index (χ3n) is 3.97. The lowest BCUT2D eigenvalue weighted by molar-refractivity contribution is 0.282. The lowest BCUT2D eigenvalue weighted by Crippen LogP contribution is -2.46. The highest BCUT2D eigenvalue weighted by Gasteiger charge is 2.19. The van der Waals surface area contributed by atoms with Crippen molar-refractivity contribution in [3.8, 4) is 0 Å². The molecular weight excluding hydrogens is 284 g/mol. The Bertz CT molecular complexity index is 592. The molecule has 3 nitrogen and oxygen atoms in total. The second-order valence-corrected chi connectivity index (χ2v) is 5.67. The van der Waals surface area contributed by atoms with Crippen LogP contribution in [0, 0.1) is 0 Å². The van der Waals surface area contributed by atoms with Gasteiger partial charge >= 0.3 is 0 Å². The van der Waals surface area contributed by atoms with E-state index in [2.05, 4.69) is 28.0 Å². The van der Waals surface area contributed by atoms with Crippen LogP contribution in [0.1, 0.15) is 5.56 Å². The van der Waals surface area contributed by atoms with Crippen LogP contribution in [0.2, 0.25) is 5.02 Å². The summed E-state index contributed by atoms with van der Waals surface area (Å²) in [5, 5.41) is 10.2. The Labute approximate surface area is 130 Å². The van der Waals surface area contributed by atoms with Crippen molar-refractivity contribution >= 4 is 23.0 Å². The summed E-state index contributed by atoms with van der Waals surface area (Å²) < 4.78 is 0. The first kappa shape index (κ1) is 14.2. The molecule has 0 spiro atoms. The fourth-order valence-corrected chi connectivity index (χ4v) is 2.94. The largest absolute Gasteiger partial charge is 0.392 e. The van der Waals surface area contributed by atoms with Gasteiger partial charge in [0.1, 0.15) is 0 Å². The second-order valence-electron chi connectivity index (χ2n) is 5.24. The van der Waals surface area contributed by atoms with Crippen molar-refractivity contribution in [1.29, 1.82) is 0 Å². The molecule has 3 rings (SSSR count). The van der Waals surface area contributed by atoms with Crippen molar-refractivity contribution in [2.45, 2.75) is 6.61 Å². The fraction of sp³-hybridized carbons (Fsp3) is 0.294. The molecule has 1 fully saturated rings. The highest BCUT2D eigenvalue weighted by Crippen LogP contribution is 2.24. The summed E-state index contributed by atoms with van der Waals surface area (Å²) in [6, 6.07) is 16.1. The summed E-state index contributed by atoms with van der Waals surface area (Å²) in [6.45, 7) is 3.95. The monoisotopic (exact) mass is 302 g/mol. The Balaban J connectivity index is 1.69. The van der Waals surface area contributed by atoms with Crippen molar-refractivity contribution in [3.05, 3.63) is 59.1 Å². The number of piperazine rings is 1. The van der Waals surface area contributed by atoms with Gasteiger partial charge in [-0.1, -0.05) is 29.8 Å². The molecule has 1 aliphatic heterocycles. The minimum Gasteiger partial charge on any atom is -0.392 e. The third-order valence-corrected chi connectivity index (χ3v) is 4.23. The molecule has 0 aromatic heterocycles. The maximum Gasteiger partial charge on any atom is 0.0702 e. The number of anilines is 2. The van der Waals surface area contributed by atoms with Gasteiger partial charge in [0.25, 0.3) is 0 Å². The Morgan fingerprint density at radius 3 is 2.14 bits per heavy atom. The standard InChI is InChI=1S/C17H19ClN2O/c18-15-5-7-16(8-6-15)19-9-11-20(12-10-19)17-4-2-1-3-14(17)13-21/h1-8,21H,9-13H2. The molecule has 0 bridgehead atoms. The summed E-state index contributed by atoms with van der Waals surface area (Å²) in [6.07, 6.45) is 0. The topological polar surface area (TPSA) is 26.7 Å². The number of aliphatic hydroxyl groups excluding tert-OH is 1. The van der Waals surface area contributed by atoms with E-state index < -0.39 is 0 Å². The van der Waals surface area contributed by atoms with E-state index in [4.69, 9.17) is 11.6 Å². The summed E-state index contributed by atoms with van der Waals surface area (Å²) in [7, 11) is 0. The summed E-state index contributed by atoms with van der Waals surface area (Å²) in [5.41, 5.74) is 3.36. The van der Waals surface area contributed by atoms with Crippen molar-refractivity contribution in [3.63, 3.8) is 0 Å². The SMILES string of the molecule is OCc1ccccc1N1CCN(c2ccc(Cl)cc2)CC1. The van der Waals surface area contributed by atoms with Crippen molar-refractivity contribution in [1.82, 2.24) is 0 Å². The Morgan fingerprint density at radius 1 is 0.857 bits per heavy atom. The molecule has 1 N–H and O–H groups in total. The highest BCUT2D eigenvalue weighted by atomic mass is 35.5. The molecule has 0 radical (unpaired) electrons. The first-order valence-corrected chi connectivity index (χ1v) is 7.60. The van der Waals surface area contributed by atoms with E-state index in [1.807, 2.05) is 30.3 Å². The average Bonchev–Trinajstić information content (AvgIpc) is 2.56. The van der Waals surface area contributed by atoms with E-state index in [1.165, 1.54) is 5.69 Å². The number of hydrogen-bond donors (Lipinski definition) is 1. The summed E-state index contributed by atoms with van der Waals surface area (Å²) in [4.78, 5) is 4.71. The molecule has 0 saturated carbocycles. The maximum absolute atomic E-state index is 9.46. The quantitative estimate of drug-likeness (QED) is 0.943. The molecule has 4 heteroatoms. The minimum absolute atomic E-state index is 0.0908.